The van der Waals surface area contributed by atoms with Gasteiger partial charge in [0.05, 0.1) is 0 Å². The minimum Gasteiger partial charge on any atom is -0.366 e. The highest BCUT2D eigenvalue weighted by Gasteiger charge is 2.17. The van der Waals surface area contributed by atoms with Gasteiger partial charge in [0.1, 0.15) is 0 Å². The van der Waals surface area contributed by atoms with Gasteiger partial charge in [-0.25, -0.2) is 0 Å². The molecule has 1 fully saturated rings. The number of carbonyl (C=O) groups is 2. The number of nitrogens with two attached hydrogens (primary N) is 1. The van der Waals surface area contributed by atoms with Crippen LogP contribution in [-0.2, 0) is 0 Å². The second-order valence-corrected chi connectivity index (χ2v) is 4.11. The molecular formula is C12H16ClN3O2. The van der Waals surface area contributed by atoms with Crippen molar-refractivity contribution in [2.75, 3.05) is 13.1 Å². The van der Waals surface area contributed by atoms with Crippen LogP contribution in [0.15, 0.2) is 24.3 Å². The maximum atomic E-state index is 11.9. The van der Waals surface area contributed by atoms with E-state index in [1.54, 1.807) is 18.2 Å². The molecule has 1 aromatic carbocycles. The monoisotopic (exact) mass is 269 g/mol. The Hall–Kier alpha value is -1.59. The summed E-state index contributed by atoms with van der Waals surface area (Å²) in [5.41, 5.74) is 5.98. The van der Waals surface area contributed by atoms with Crippen LogP contribution in [0.5, 0.6) is 0 Å². The number of nitrogens with one attached hydrogen (secondary N) is 2. The van der Waals surface area contributed by atoms with Crippen molar-refractivity contribution in [3.63, 3.8) is 0 Å². The fourth-order valence-electron chi connectivity index (χ4n) is 1.86. The normalized spacial score (nSPS) is 17.9. The Labute approximate surface area is 112 Å². The lowest BCUT2D eigenvalue weighted by Gasteiger charge is -2.11. The van der Waals surface area contributed by atoms with Gasteiger partial charge in [-0.15, -0.1) is 12.4 Å². The summed E-state index contributed by atoms with van der Waals surface area (Å²) in [4.78, 5) is 22.9. The molecule has 2 rings (SSSR count). The zero-order chi connectivity index (χ0) is 12.3. The van der Waals surface area contributed by atoms with Crippen molar-refractivity contribution in [2.45, 2.75) is 12.5 Å². The molecule has 1 aliphatic rings. The highest BCUT2D eigenvalue weighted by molar-refractivity contribution is 5.99. The molecule has 0 aromatic heterocycles. The Morgan fingerprint density at radius 1 is 1.33 bits per heavy atom. The molecule has 0 bridgehead atoms. The van der Waals surface area contributed by atoms with Crippen LogP contribution in [0.2, 0.25) is 0 Å². The molecule has 0 aliphatic carbocycles. The molecular weight excluding hydrogens is 254 g/mol. The Balaban J connectivity index is 0.00000162. The van der Waals surface area contributed by atoms with Crippen LogP contribution in [0.3, 0.4) is 0 Å². The van der Waals surface area contributed by atoms with Crippen LogP contribution in [0, 0.1) is 0 Å². The van der Waals surface area contributed by atoms with Gasteiger partial charge in [0.15, 0.2) is 0 Å². The summed E-state index contributed by atoms with van der Waals surface area (Å²) in [7, 11) is 0. The molecule has 1 heterocycles. The minimum absolute atomic E-state index is 0. The summed E-state index contributed by atoms with van der Waals surface area (Å²) in [5, 5.41) is 6.08. The van der Waals surface area contributed by atoms with E-state index >= 15 is 0 Å². The molecule has 18 heavy (non-hydrogen) atoms. The van der Waals surface area contributed by atoms with Gasteiger partial charge in [-0.05, 0) is 31.2 Å². The summed E-state index contributed by atoms with van der Waals surface area (Å²) in [6.07, 6.45) is 0.932. The first-order valence-electron chi connectivity index (χ1n) is 5.58. The number of rotatable bonds is 3. The topological polar surface area (TPSA) is 84.2 Å². The quantitative estimate of drug-likeness (QED) is 0.738. The highest BCUT2D eigenvalue weighted by atomic mass is 35.5. The van der Waals surface area contributed by atoms with Gasteiger partial charge in [-0.2, -0.15) is 0 Å². The molecule has 1 atom stereocenters. The lowest BCUT2D eigenvalue weighted by atomic mass is 10.1. The molecule has 1 aliphatic heterocycles. The molecule has 6 heteroatoms. The van der Waals surface area contributed by atoms with Crippen LogP contribution < -0.4 is 16.4 Å². The van der Waals surface area contributed by atoms with E-state index in [1.165, 1.54) is 6.07 Å². The Bertz CT molecular complexity index is 445. The fraction of sp³-hybridized carbons (Fsp3) is 0.333. The predicted octanol–water partition coefficient (Wildman–Crippen LogP) is 0.299. The van der Waals surface area contributed by atoms with Crippen molar-refractivity contribution in [1.82, 2.24) is 10.6 Å². The van der Waals surface area contributed by atoms with Gasteiger partial charge in [0.25, 0.3) is 5.91 Å². The van der Waals surface area contributed by atoms with Crippen molar-refractivity contribution in [2.24, 2.45) is 5.73 Å². The lowest BCUT2D eigenvalue weighted by molar-refractivity contribution is 0.0940. The maximum Gasteiger partial charge on any atom is 0.251 e. The van der Waals surface area contributed by atoms with E-state index in [0.717, 1.165) is 19.5 Å². The number of hydrogen-bond donors (Lipinski definition) is 3. The first-order chi connectivity index (χ1) is 8.16. The van der Waals surface area contributed by atoms with E-state index in [0.29, 0.717) is 11.1 Å². The molecule has 0 radical (unpaired) electrons. The van der Waals surface area contributed by atoms with E-state index in [9.17, 15) is 9.59 Å². The number of halogens is 1. The van der Waals surface area contributed by atoms with E-state index in [-0.39, 0.29) is 24.4 Å². The van der Waals surface area contributed by atoms with Crippen LogP contribution >= 0.6 is 12.4 Å². The summed E-state index contributed by atoms with van der Waals surface area (Å²) >= 11 is 0. The largest absolute Gasteiger partial charge is 0.366 e. The van der Waals surface area contributed by atoms with Crippen molar-refractivity contribution in [3.8, 4) is 0 Å². The molecule has 1 saturated heterocycles. The smallest absolute Gasteiger partial charge is 0.251 e. The average Bonchev–Trinajstić information content (AvgIpc) is 2.82. The summed E-state index contributed by atoms with van der Waals surface area (Å²) in [5.74, 6) is -0.691. The third-order valence-electron chi connectivity index (χ3n) is 2.80. The van der Waals surface area contributed by atoms with E-state index < -0.39 is 5.91 Å². The first-order valence-corrected chi connectivity index (χ1v) is 5.58. The van der Waals surface area contributed by atoms with Crippen LogP contribution in [0.1, 0.15) is 27.1 Å². The van der Waals surface area contributed by atoms with Gasteiger partial charge >= 0.3 is 0 Å². The van der Waals surface area contributed by atoms with Gasteiger partial charge in [0.2, 0.25) is 5.91 Å². The van der Waals surface area contributed by atoms with Gasteiger partial charge in [-0.1, -0.05) is 6.07 Å². The van der Waals surface area contributed by atoms with Crippen molar-refractivity contribution in [3.05, 3.63) is 35.4 Å². The first kappa shape index (κ1) is 14.5. The van der Waals surface area contributed by atoms with Crippen LogP contribution in [0.25, 0.3) is 0 Å². The van der Waals surface area contributed by atoms with Crippen molar-refractivity contribution < 1.29 is 9.59 Å². The third-order valence-corrected chi connectivity index (χ3v) is 2.80. The molecule has 0 spiro atoms. The second-order valence-electron chi connectivity index (χ2n) is 4.11. The zero-order valence-electron chi connectivity index (χ0n) is 9.81. The molecule has 1 unspecified atom stereocenters. The van der Waals surface area contributed by atoms with Gasteiger partial charge < -0.3 is 16.4 Å². The Morgan fingerprint density at radius 2 is 2.06 bits per heavy atom. The maximum absolute atomic E-state index is 11.9. The lowest BCUT2D eigenvalue weighted by Crippen LogP contribution is -2.36. The van der Waals surface area contributed by atoms with Crippen molar-refractivity contribution in [1.29, 1.82) is 0 Å². The number of primary amides is 1. The summed E-state index contributed by atoms with van der Waals surface area (Å²) in [6.45, 7) is 1.72. The second kappa shape index (κ2) is 6.37. The molecule has 0 saturated carbocycles. The number of hydrogen-bond acceptors (Lipinski definition) is 3. The minimum atomic E-state index is -0.526. The molecule has 1 aromatic rings. The predicted molar refractivity (Wildman–Crippen MR) is 70.9 cm³/mol. The number of amides is 2. The van der Waals surface area contributed by atoms with Gasteiger partial charge in [-0.3, -0.25) is 9.59 Å². The van der Waals surface area contributed by atoms with Crippen LogP contribution in [0.4, 0.5) is 0 Å². The van der Waals surface area contributed by atoms with E-state index in [1.807, 2.05) is 0 Å². The van der Waals surface area contributed by atoms with E-state index in [4.69, 9.17) is 5.73 Å². The molecule has 98 valence electrons. The Kier molecular flexibility index (Phi) is 5.12. The zero-order valence-corrected chi connectivity index (χ0v) is 10.6. The average molecular weight is 270 g/mol. The molecule has 4 N–H and O–H groups in total. The van der Waals surface area contributed by atoms with E-state index in [2.05, 4.69) is 10.6 Å². The molecule has 2 amide bonds. The number of carbonyl (C=O) groups excluding carboxylic acids is 2. The SMILES string of the molecule is Cl.NC(=O)c1cccc(C(=O)NC2CCNC2)c1. The Morgan fingerprint density at radius 3 is 2.67 bits per heavy atom. The number of benzene rings is 1. The highest BCUT2D eigenvalue weighted by Crippen LogP contribution is 2.06. The van der Waals surface area contributed by atoms with Crippen molar-refractivity contribution >= 4 is 24.2 Å². The van der Waals surface area contributed by atoms with Gasteiger partial charge in [0, 0.05) is 23.7 Å². The standard InChI is InChI=1S/C12H15N3O2.ClH/c13-11(16)8-2-1-3-9(6-8)12(17)15-10-4-5-14-7-10;/h1-3,6,10,14H,4-5,7H2,(H2,13,16)(H,15,17);1H. The fourth-order valence-corrected chi connectivity index (χ4v) is 1.86. The summed E-state index contributed by atoms with van der Waals surface area (Å²) in [6, 6.07) is 6.60. The summed E-state index contributed by atoms with van der Waals surface area (Å²) < 4.78 is 0. The third kappa shape index (κ3) is 3.45. The molecule has 5 nitrogen and oxygen atoms in total. The van der Waals surface area contributed by atoms with Crippen LogP contribution in [-0.4, -0.2) is 30.9 Å².